The van der Waals surface area contributed by atoms with Gasteiger partial charge in [-0.15, -0.1) is 0 Å². The molecule has 4 rings (SSSR count). The van der Waals surface area contributed by atoms with Crippen molar-refractivity contribution >= 4 is 11.7 Å². The molecule has 1 fully saturated rings. The first kappa shape index (κ1) is 18.2. The number of nitrogens with one attached hydrogen (secondary N) is 1. The molecule has 28 heavy (non-hydrogen) atoms. The van der Waals surface area contributed by atoms with Crippen LogP contribution in [0.15, 0.2) is 66.9 Å². The Kier molecular flexibility index (Phi) is 4.86. The Bertz CT molecular complexity index is 981. The number of benzene rings is 2. The van der Waals surface area contributed by atoms with E-state index >= 15 is 0 Å². The molecule has 0 saturated heterocycles. The summed E-state index contributed by atoms with van der Waals surface area (Å²) < 4.78 is 5.41. The Morgan fingerprint density at radius 2 is 1.86 bits per heavy atom. The summed E-state index contributed by atoms with van der Waals surface area (Å²) >= 11 is 0. The van der Waals surface area contributed by atoms with E-state index in [2.05, 4.69) is 41.5 Å². The van der Waals surface area contributed by atoms with E-state index in [4.69, 9.17) is 4.74 Å². The molecule has 2 aromatic carbocycles. The summed E-state index contributed by atoms with van der Waals surface area (Å²) in [6.07, 6.45) is 4.31. The second kappa shape index (κ2) is 7.47. The first-order chi connectivity index (χ1) is 13.6. The van der Waals surface area contributed by atoms with Crippen LogP contribution in [0.4, 0.5) is 5.82 Å². The van der Waals surface area contributed by atoms with Gasteiger partial charge >= 0.3 is 0 Å². The monoisotopic (exact) mass is 374 g/mol. The van der Waals surface area contributed by atoms with Crippen molar-refractivity contribution in [3.05, 3.63) is 89.1 Å². The van der Waals surface area contributed by atoms with Gasteiger partial charge in [0.2, 0.25) is 5.91 Å². The first-order valence-electron chi connectivity index (χ1n) is 9.56. The number of pyridine rings is 1. The molecule has 1 saturated carbocycles. The Hall–Kier alpha value is -3.14. The largest absolute Gasteiger partial charge is 0.496 e. The number of carbonyl (C=O) groups excluding carboxylic acids is 1. The highest BCUT2D eigenvalue weighted by molar-refractivity contribution is 6.00. The van der Waals surface area contributed by atoms with Crippen LogP contribution in [0.25, 0.3) is 0 Å². The maximum Gasteiger partial charge on any atom is 0.236 e. The van der Waals surface area contributed by atoms with E-state index in [1.807, 2.05) is 42.6 Å². The maximum absolute atomic E-state index is 12.9. The fourth-order valence-electron chi connectivity index (χ4n) is 3.55. The van der Waals surface area contributed by atoms with Crippen molar-refractivity contribution in [3.63, 3.8) is 0 Å². The molecule has 0 aliphatic heterocycles. The number of rotatable bonds is 6. The van der Waals surface area contributed by atoms with Gasteiger partial charge in [-0.25, -0.2) is 4.98 Å². The van der Waals surface area contributed by atoms with Gasteiger partial charge in [0.05, 0.1) is 12.5 Å². The number of hydrogen-bond donors (Lipinski definition) is 1. The Morgan fingerprint density at radius 1 is 1.11 bits per heavy atom. The number of anilines is 1. The van der Waals surface area contributed by atoms with Crippen molar-refractivity contribution in [2.45, 2.75) is 31.6 Å². The molecule has 4 nitrogen and oxygen atoms in total. The number of carbonyl (C=O) groups is 1. The van der Waals surface area contributed by atoms with Gasteiger partial charge in [-0.1, -0.05) is 54.1 Å². The molecule has 0 unspecified atom stereocenters. The van der Waals surface area contributed by atoms with Gasteiger partial charge in [-0.3, -0.25) is 4.79 Å². The quantitative estimate of drug-likeness (QED) is 0.667. The molecule has 144 valence electrons. The van der Waals surface area contributed by atoms with Gasteiger partial charge < -0.3 is 10.1 Å². The Balaban J connectivity index is 0.00000240. The third-order valence-corrected chi connectivity index (χ3v) is 5.44. The second-order valence-electron chi connectivity index (χ2n) is 7.44. The number of ether oxygens (including phenoxy) is 1. The van der Waals surface area contributed by atoms with Gasteiger partial charge in [0.1, 0.15) is 11.6 Å². The van der Waals surface area contributed by atoms with Crippen molar-refractivity contribution < 1.29 is 11.0 Å². The number of aromatic nitrogens is 1. The zero-order valence-corrected chi connectivity index (χ0v) is 16.2. The smallest absolute Gasteiger partial charge is 0.236 e. The summed E-state index contributed by atoms with van der Waals surface area (Å²) in [5.74, 6) is 1.49. The number of aryl methyl sites for hydroxylation is 1. The molecule has 0 spiro atoms. The number of methoxy groups -OCH3 is 1. The Labute approximate surface area is 167 Å². The standard InChI is InChI=1S/C24H24N2O2.H2/c1-17-7-10-20(11-8-17)24(13-14-24)23(27)26-22-12-9-18(16-25-22)15-19-5-3-4-6-21(19)28-2;/h3-12,16H,13-15H2,1-2H3,(H,25,26,27);1H. The molecule has 1 amide bonds. The summed E-state index contributed by atoms with van der Waals surface area (Å²) in [6.45, 7) is 2.06. The molecule has 1 aliphatic carbocycles. The fraction of sp³-hybridized carbons (Fsp3) is 0.250. The van der Waals surface area contributed by atoms with Crippen LogP contribution in [0.5, 0.6) is 5.75 Å². The Morgan fingerprint density at radius 3 is 2.50 bits per heavy atom. The minimum Gasteiger partial charge on any atom is -0.496 e. The lowest BCUT2D eigenvalue weighted by Crippen LogP contribution is -2.28. The highest BCUT2D eigenvalue weighted by atomic mass is 16.5. The van der Waals surface area contributed by atoms with Crippen LogP contribution in [0.1, 0.15) is 36.5 Å². The van der Waals surface area contributed by atoms with E-state index in [0.717, 1.165) is 41.7 Å². The molecule has 0 bridgehead atoms. The summed E-state index contributed by atoms with van der Waals surface area (Å²) in [5.41, 5.74) is 4.07. The average molecular weight is 374 g/mol. The van der Waals surface area contributed by atoms with Crippen LogP contribution < -0.4 is 10.1 Å². The lowest BCUT2D eigenvalue weighted by atomic mass is 9.94. The van der Waals surface area contributed by atoms with Crippen LogP contribution >= 0.6 is 0 Å². The molecule has 0 radical (unpaired) electrons. The van der Waals surface area contributed by atoms with Crippen LogP contribution in [0.3, 0.4) is 0 Å². The lowest BCUT2D eigenvalue weighted by molar-refractivity contribution is -0.118. The van der Waals surface area contributed by atoms with Crippen molar-refractivity contribution in [1.82, 2.24) is 4.98 Å². The van der Waals surface area contributed by atoms with Crippen LogP contribution in [0.2, 0.25) is 0 Å². The van der Waals surface area contributed by atoms with E-state index in [0.29, 0.717) is 5.82 Å². The summed E-state index contributed by atoms with van der Waals surface area (Å²) in [4.78, 5) is 17.3. The van der Waals surface area contributed by atoms with Gasteiger partial charge in [0.15, 0.2) is 0 Å². The SMILES string of the molecule is COc1ccccc1Cc1ccc(NC(=O)C2(c3ccc(C)cc3)CC2)nc1.[HH]. The zero-order valence-electron chi connectivity index (χ0n) is 16.2. The predicted molar refractivity (Wildman–Crippen MR) is 113 cm³/mol. The van der Waals surface area contributed by atoms with E-state index in [1.54, 1.807) is 7.11 Å². The predicted octanol–water partition coefficient (Wildman–Crippen LogP) is 4.91. The van der Waals surface area contributed by atoms with Crippen molar-refractivity contribution in [1.29, 1.82) is 0 Å². The van der Waals surface area contributed by atoms with Crippen LogP contribution in [-0.4, -0.2) is 18.0 Å². The average Bonchev–Trinajstić information content (AvgIpc) is 3.52. The third kappa shape index (κ3) is 3.63. The molecule has 1 N–H and O–H groups in total. The minimum absolute atomic E-state index is 0. The molecule has 1 aliphatic rings. The maximum atomic E-state index is 12.9. The fourth-order valence-corrected chi connectivity index (χ4v) is 3.55. The van der Waals surface area contributed by atoms with E-state index in [1.165, 1.54) is 5.56 Å². The van der Waals surface area contributed by atoms with Gasteiger partial charge in [-0.2, -0.15) is 0 Å². The van der Waals surface area contributed by atoms with E-state index < -0.39 is 5.41 Å². The number of hydrogen-bond acceptors (Lipinski definition) is 3. The highest BCUT2D eigenvalue weighted by Crippen LogP contribution is 2.49. The van der Waals surface area contributed by atoms with Crippen LogP contribution in [-0.2, 0) is 16.6 Å². The summed E-state index contributed by atoms with van der Waals surface area (Å²) in [6, 6.07) is 20.1. The highest BCUT2D eigenvalue weighted by Gasteiger charge is 2.51. The van der Waals surface area contributed by atoms with Gasteiger partial charge in [0, 0.05) is 14.0 Å². The molecular formula is C24H26N2O2. The van der Waals surface area contributed by atoms with E-state index in [9.17, 15) is 4.79 Å². The van der Waals surface area contributed by atoms with E-state index in [-0.39, 0.29) is 7.33 Å². The first-order valence-corrected chi connectivity index (χ1v) is 9.56. The molecular weight excluding hydrogens is 348 g/mol. The molecule has 1 heterocycles. The number of amides is 1. The topological polar surface area (TPSA) is 51.2 Å². The van der Waals surface area contributed by atoms with Gasteiger partial charge in [0.25, 0.3) is 0 Å². The summed E-state index contributed by atoms with van der Waals surface area (Å²) in [7, 11) is 1.68. The zero-order chi connectivity index (χ0) is 19.6. The number of para-hydroxylation sites is 1. The van der Waals surface area contributed by atoms with Crippen molar-refractivity contribution in [2.75, 3.05) is 12.4 Å². The molecule has 3 aromatic rings. The second-order valence-corrected chi connectivity index (χ2v) is 7.44. The van der Waals surface area contributed by atoms with Crippen molar-refractivity contribution in [2.24, 2.45) is 0 Å². The van der Waals surface area contributed by atoms with Gasteiger partial charge in [-0.05, 0) is 48.6 Å². The summed E-state index contributed by atoms with van der Waals surface area (Å²) in [5, 5.41) is 3.00. The molecule has 0 atom stereocenters. The number of nitrogens with zero attached hydrogens (tertiary/aromatic N) is 1. The molecule has 1 aromatic heterocycles. The lowest BCUT2D eigenvalue weighted by Gasteiger charge is -2.16. The van der Waals surface area contributed by atoms with Crippen molar-refractivity contribution in [3.8, 4) is 5.75 Å². The minimum atomic E-state index is -0.397. The normalized spacial score (nSPS) is 14.4. The molecule has 4 heteroatoms. The van der Waals surface area contributed by atoms with Crippen LogP contribution in [0, 0.1) is 6.92 Å². The third-order valence-electron chi connectivity index (χ3n) is 5.44.